The van der Waals surface area contributed by atoms with Gasteiger partial charge in [-0.3, -0.25) is 0 Å². The van der Waals surface area contributed by atoms with Gasteiger partial charge in [0.1, 0.15) is 0 Å². The van der Waals surface area contributed by atoms with E-state index in [1.165, 1.54) is 5.56 Å². The van der Waals surface area contributed by atoms with Crippen LogP contribution in [0.15, 0.2) is 18.2 Å². The largest absolute Gasteiger partial charge is 0.326 e. The molecule has 0 fully saturated rings. The van der Waals surface area contributed by atoms with Gasteiger partial charge in [0.05, 0.1) is 0 Å². The molecule has 0 saturated carbocycles. The lowest BCUT2D eigenvalue weighted by Gasteiger charge is -2.03. The van der Waals surface area contributed by atoms with Gasteiger partial charge < -0.3 is 5.73 Å². The number of hydrogen-bond donors (Lipinski definition) is 1. The summed E-state index contributed by atoms with van der Waals surface area (Å²) in [5, 5.41) is 0.764. The third-order valence-electron chi connectivity index (χ3n) is 1.74. The van der Waals surface area contributed by atoms with E-state index in [1.54, 1.807) is 0 Å². The van der Waals surface area contributed by atoms with Crippen molar-refractivity contribution in [2.45, 2.75) is 19.9 Å². The van der Waals surface area contributed by atoms with Gasteiger partial charge in [-0.2, -0.15) is 0 Å². The van der Waals surface area contributed by atoms with Gasteiger partial charge in [-0.15, -0.1) is 0 Å². The molecule has 0 aromatic heterocycles. The first-order valence-corrected chi connectivity index (χ1v) is 4.47. The number of hydrogen-bond acceptors (Lipinski definition) is 1. The Hall–Kier alpha value is -0.530. The summed E-state index contributed by atoms with van der Waals surface area (Å²) in [5.41, 5.74) is 7.65. The van der Waals surface area contributed by atoms with Crippen molar-refractivity contribution in [3.63, 3.8) is 0 Å². The Morgan fingerprint density at radius 1 is 1.50 bits per heavy atom. The van der Waals surface area contributed by atoms with Gasteiger partial charge in [-0.05, 0) is 30.0 Å². The highest BCUT2D eigenvalue weighted by Crippen LogP contribution is 2.18. The molecular formula is C10H13ClN. The van der Waals surface area contributed by atoms with Gasteiger partial charge in [-0.1, -0.05) is 30.7 Å². The van der Waals surface area contributed by atoms with Gasteiger partial charge in [0.25, 0.3) is 0 Å². The first-order valence-electron chi connectivity index (χ1n) is 4.09. The fraction of sp³-hybridized carbons (Fsp3) is 0.300. The highest BCUT2D eigenvalue weighted by molar-refractivity contribution is 6.31. The zero-order valence-electron chi connectivity index (χ0n) is 7.18. The summed E-state index contributed by atoms with van der Waals surface area (Å²) in [6.45, 7) is 2.61. The van der Waals surface area contributed by atoms with E-state index < -0.39 is 0 Å². The van der Waals surface area contributed by atoms with Gasteiger partial charge in [0, 0.05) is 11.6 Å². The van der Waals surface area contributed by atoms with E-state index in [0.717, 1.165) is 17.0 Å². The minimum Gasteiger partial charge on any atom is -0.326 e. The average Bonchev–Trinajstić information content (AvgIpc) is 2.05. The van der Waals surface area contributed by atoms with Gasteiger partial charge >= 0.3 is 0 Å². The lowest BCUT2D eigenvalue weighted by molar-refractivity contribution is 1.06. The zero-order valence-corrected chi connectivity index (χ0v) is 7.93. The molecule has 1 nitrogen and oxygen atoms in total. The van der Waals surface area contributed by atoms with E-state index in [9.17, 15) is 0 Å². The van der Waals surface area contributed by atoms with E-state index in [0.29, 0.717) is 6.54 Å². The second-order valence-corrected chi connectivity index (χ2v) is 3.07. The fourth-order valence-corrected chi connectivity index (χ4v) is 1.36. The normalized spacial score (nSPS) is 10.2. The lowest BCUT2D eigenvalue weighted by Crippen LogP contribution is -1.97. The van der Waals surface area contributed by atoms with E-state index in [1.807, 2.05) is 18.2 Å². The molecule has 0 heterocycles. The van der Waals surface area contributed by atoms with Crippen LogP contribution in [0, 0.1) is 6.42 Å². The van der Waals surface area contributed by atoms with E-state index >= 15 is 0 Å². The molecule has 0 bridgehead atoms. The van der Waals surface area contributed by atoms with Gasteiger partial charge in [0.15, 0.2) is 0 Å². The molecule has 0 amide bonds. The summed E-state index contributed by atoms with van der Waals surface area (Å²) in [6, 6.07) is 5.97. The van der Waals surface area contributed by atoms with Crippen LogP contribution < -0.4 is 5.73 Å². The Morgan fingerprint density at radius 2 is 2.25 bits per heavy atom. The van der Waals surface area contributed by atoms with E-state index in [2.05, 4.69) is 13.3 Å². The maximum atomic E-state index is 5.97. The third kappa shape index (κ3) is 2.23. The summed E-state index contributed by atoms with van der Waals surface area (Å²) >= 11 is 5.97. The van der Waals surface area contributed by atoms with E-state index in [4.69, 9.17) is 17.3 Å². The minimum absolute atomic E-state index is 0.505. The van der Waals surface area contributed by atoms with Crippen molar-refractivity contribution < 1.29 is 0 Å². The topological polar surface area (TPSA) is 26.0 Å². The molecule has 0 aliphatic rings. The molecule has 65 valence electrons. The van der Waals surface area contributed by atoms with Crippen molar-refractivity contribution in [3.8, 4) is 0 Å². The predicted octanol–water partition coefficient (Wildman–Crippen LogP) is 2.76. The van der Waals surface area contributed by atoms with Crippen molar-refractivity contribution in [2.24, 2.45) is 5.73 Å². The van der Waals surface area contributed by atoms with Crippen molar-refractivity contribution in [3.05, 3.63) is 40.8 Å². The van der Waals surface area contributed by atoms with Crippen LogP contribution in [0.2, 0.25) is 5.02 Å². The molecule has 1 radical (unpaired) electrons. The van der Waals surface area contributed by atoms with E-state index in [-0.39, 0.29) is 0 Å². The Bertz CT molecular complexity index is 258. The SMILES string of the molecule is CC[CH]c1ccc(CN)c(Cl)c1. The number of rotatable bonds is 3. The standard InChI is InChI=1S/C10H13ClN/c1-2-3-8-4-5-9(7-12)10(11)6-8/h3-6H,2,7,12H2,1H3. The third-order valence-corrected chi connectivity index (χ3v) is 2.09. The Morgan fingerprint density at radius 3 is 2.75 bits per heavy atom. The molecule has 0 atom stereocenters. The molecule has 1 aromatic rings. The molecule has 0 aliphatic carbocycles. The van der Waals surface area contributed by atoms with Crippen molar-refractivity contribution in [2.75, 3.05) is 0 Å². The van der Waals surface area contributed by atoms with Gasteiger partial charge in [-0.25, -0.2) is 0 Å². The van der Waals surface area contributed by atoms with Gasteiger partial charge in [0.2, 0.25) is 0 Å². The minimum atomic E-state index is 0.505. The summed E-state index contributed by atoms with van der Waals surface area (Å²) in [4.78, 5) is 0. The highest BCUT2D eigenvalue weighted by Gasteiger charge is 1.98. The van der Waals surface area contributed by atoms with Crippen LogP contribution in [-0.4, -0.2) is 0 Å². The Labute approximate surface area is 78.5 Å². The van der Waals surface area contributed by atoms with Crippen LogP contribution in [0.1, 0.15) is 24.5 Å². The smallest absolute Gasteiger partial charge is 0.0453 e. The quantitative estimate of drug-likeness (QED) is 0.765. The number of halogens is 1. The maximum absolute atomic E-state index is 5.97. The lowest BCUT2D eigenvalue weighted by atomic mass is 10.1. The first-order chi connectivity index (χ1) is 5.77. The average molecular weight is 183 g/mol. The zero-order chi connectivity index (χ0) is 8.97. The first kappa shape index (κ1) is 9.56. The van der Waals surface area contributed by atoms with Crippen molar-refractivity contribution >= 4 is 11.6 Å². The maximum Gasteiger partial charge on any atom is 0.0453 e. The second kappa shape index (κ2) is 4.48. The second-order valence-electron chi connectivity index (χ2n) is 2.67. The molecule has 0 saturated heterocycles. The summed E-state index contributed by atoms with van der Waals surface area (Å²) in [5.74, 6) is 0. The molecule has 1 aromatic carbocycles. The molecular weight excluding hydrogens is 170 g/mol. The van der Waals surface area contributed by atoms with Crippen LogP contribution in [0.5, 0.6) is 0 Å². The molecule has 1 rings (SSSR count). The molecule has 2 heteroatoms. The summed E-state index contributed by atoms with van der Waals surface area (Å²) < 4.78 is 0. The molecule has 12 heavy (non-hydrogen) atoms. The Balaban J connectivity index is 2.86. The van der Waals surface area contributed by atoms with Crippen LogP contribution in [0.25, 0.3) is 0 Å². The number of benzene rings is 1. The van der Waals surface area contributed by atoms with Crippen molar-refractivity contribution in [1.29, 1.82) is 0 Å². The monoisotopic (exact) mass is 182 g/mol. The van der Waals surface area contributed by atoms with Crippen LogP contribution >= 0.6 is 11.6 Å². The highest BCUT2D eigenvalue weighted by atomic mass is 35.5. The molecule has 0 aliphatic heterocycles. The molecule has 0 unspecified atom stereocenters. The van der Waals surface area contributed by atoms with Crippen LogP contribution in [-0.2, 0) is 6.54 Å². The summed E-state index contributed by atoms with van der Waals surface area (Å²) in [6.07, 6.45) is 3.16. The molecule has 2 N–H and O–H groups in total. The van der Waals surface area contributed by atoms with Crippen molar-refractivity contribution in [1.82, 2.24) is 0 Å². The Kier molecular flexibility index (Phi) is 3.57. The fourth-order valence-electron chi connectivity index (χ4n) is 1.09. The molecule has 0 spiro atoms. The number of nitrogens with two attached hydrogens (primary N) is 1. The predicted molar refractivity (Wildman–Crippen MR) is 53.0 cm³/mol. The summed E-state index contributed by atoms with van der Waals surface area (Å²) in [7, 11) is 0. The van der Waals surface area contributed by atoms with Crippen LogP contribution in [0.3, 0.4) is 0 Å². The van der Waals surface area contributed by atoms with Crippen LogP contribution in [0.4, 0.5) is 0 Å².